The van der Waals surface area contributed by atoms with Gasteiger partial charge in [-0.2, -0.15) is 75.8 Å². The Kier molecular flexibility index (Phi) is 34.3. The van der Waals surface area contributed by atoms with E-state index in [9.17, 15) is 77.0 Å². The molecular weight excluding hydrogens is 1190 g/mol. The van der Waals surface area contributed by atoms with Crippen molar-refractivity contribution in [3.05, 3.63) is 0 Å². The van der Waals surface area contributed by atoms with Crippen LogP contribution >= 0.6 is 75.8 Å². The molecule has 15 N–H and O–H groups in total. The number of rotatable bonds is 37. The van der Waals surface area contributed by atoms with Crippen molar-refractivity contribution in [1.29, 1.82) is 0 Å². The summed E-state index contributed by atoms with van der Waals surface area (Å²) in [5.74, 6) is -15.8. The zero-order valence-electron chi connectivity index (χ0n) is 44.4. The van der Waals surface area contributed by atoms with Gasteiger partial charge in [-0.15, -0.1) is 0 Å². The molecule has 0 spiro atoms. The summed E-state index contributed by atoms with van der Waals surface area (Å²) >= 11 is 24.3. The number of amides is 13. The van der Waals surface area contributed by atoms with Crippen molar-refractivity contribution >= 4 is 165 Å². The molecule has 0 aliphatic carbocycles. The molecule has 0 unspecified atom stereocenters. The van der Waals surface area contributed by atoms with E-state index < -0.39 is 187 Å². The Morgan fingerprint density at radius 2 is 0.926 bits per heavy atom. The van der Waals surface area contributed by atoms with E-state index in [1.807, 2.05) is 0 Å². The number of carboxylic acids is 2. The normalized spacial score (nSPS) is 16.1. The number of aliphatic carboxylic acids is 2. The molecule has 1 aliphatic rings. The second-order valence-electron chi connectivity index (χ2n) is 18.5. The van der Waals surface area contributed by atoms with Crippen molar-refractivity contribution in [3.8, 4) is 0 Å². The molecule has 1 aliphatic heterocycles. The van der Waals surface area contributed by atoms with Gasteiger partial charge in [-0.25, -0.2) is 4.79 Å². The maximum Gasteiger partial charge on any atom is 0.327 e. The van der Waals surface area contributed by atoms with Crippen LogP contribution in [0, 0.1) is 5.92 Å². The summed E-state index contributed by atoms with van der Waals surface area (Å²) in [6.07, 6.45) is -1.53. The van der Waals surface area contributed by atoms with E-state index in [4.69, 9.17) is 10.8 Å². The number of nitrogens with one attached hydrogen (secondary N) is 11. The first-order valence-electron chi connectivity index (χ1n) is 25.0. The molecule has 30 nitrogen and oxygen atoms in total. The van der Waals surface area contributed by atoms with E-state index in [0.29, 0.717) is 0 Å². The summed E-state index contributed by atoms with van der Waals surface area (Å²) in [5.41, 5.74) is 5.44. The number of carbonyl (C=O) groups is 15. The SMILES string of the molecule is CC(C)C[C@H](NC(=O)[C@H](CCC(=O)O)NC(=O)[C@H](CS)NC(=O)CCS)C(=O)N[C@@H](CS)C(=O)N[C@@H](CS)C(=O)N[C@@H](CC(N)=O)C(=O)N1CCC[C@H]1C(=O)NCC(=O)N[C@@H](CS)C(=O)N[C@@H](C)C(=O)NCC(=O)N[C@@H](CS)C(=O)O. The fourth-order valence-corrected chi connectivity index (χ4v) is 8.79. The molecule has 36 heteroatoms. The molecule has 0 bridgehead atoms. The van der Waals surface area contributed by atoms with Crippen molar-refractivity contribution in [2.24, 2.45) is 11.7 Å². The smallest absolute Gasteiger partial charge is 0.327 e. The molecule has 0 radical (unpaired) electrons. The summed E-state index contributed by atoms with van der Waals surface area (Å²) in [4.78, 5) is 194. The van der Waals surface area contributed by atoms with Crippen LogP contribution in [-0.2, 0) is 71.9 Å². The summed E-state index contributed by atoms with van der Waals surface area (Å²) < 4.78 is 0. The van der Waals surface area contributed by atoms with Gasteiger partial charge in [0.05, 0.1) is 19.5 Å². The minimum absolute atomic E-state index is 0.0321. The first kappa shape index (κ1) is 73.2. The third-order valence-electron chi connectivity index (χ3n) is 11.5. The molecule has 0 saturated carbocycles. The number of hydrogen-bond donors (Lipinski definition) is 20. The quantitative estimate of drug-likeness (QED) is 0.0257. The molecule has 10 atom stereocenters. The number of nitrogens with two attached hydrogens (primary N) is 1. The van der Waals surface area contributed by atoms with Crippen LogP contribution in [0.5, 0.6) is 0 Å². The predicted molar refractivity (Wildman–Crippen MR) is 309 cm³/mol. The van der Waals surface area contributed by atoms with Gasteiger partial charge in [-0.3, -0.25) is 67.1 Å². The van der Waals surface area contributed by atoms with Gasteiger partial charge in [0.2, 0.25) is 76.8 Å². The third-order valence-corrected chi connectivity index (χ3v) is 13.6. The standard InChI is InChI=1S/C45H73N13O17S6/c1-20(2)11-23(54-37(66)22(6-7-35(63)64)53-40(69)26(16-78)50-32(60)8-10-76)38(67)56-28(18-80)42(71)57-27(17-79)41(70)55-24(12-31(46)59)44(73)58-9-4-5-30(58)43(72)48-14-33(61)51-25(15-77)39(68)49-21(3)36(65)47-13-34(62)52-29(19-81)45(74)75/h20-30,76-81H,4-19H2,1-3H3,(H2,46,59)(H,47,65)(H,48,72)(H,49,68)(H,50,60)(H,51,61)(H,52,62)(H,53,69)(H,54,66)(H,55,70)(H,56,67)(H,57,71)(H,63,64)(H,74,75)/t21-,22-,23-,24-,25-,26-,27-,28-,29-,30-/m0/s1. The lowest BCUT2D eigenvalue weighted by Crippen LogP contribution is -2.61. The molecule has 13 amide bonds. The van der Waals surface area contributed by atoms with Crippen molar-refractivity contribution < 1.29 is 82.1 Å². The number of hydrogen-bond acceptors (Lipinski definition) is 21. The van der Waals surface area contributed by atoms with E-state index in [1.165, 1.54) is 6.92 Å². The Hall–Kier alpha value is -5.85. The highest BCUT2D eigenvalue weighted by Gasteiger charge is 2.40. The largest absolute Gasteiger partial charge is 0.481 e. The molecule has 81 heavy (non-hydrogen) atoms. The van der Waals surface area contributed by atoms with Crippen LogP contribution in [0.25, 0.3) is 0 Å². The van der Waals surface area contributed by atoms with Crippen LogP contribution in [0.1, 0.15) is 65.7 Å². The summed E-state index contributed by atoms with van der Waals surface area (Å²) in [5, 5.41) is 44.3. The fourth-order valence-electron chi connectivity index (χ4n) is 7.31. The lowest BCUT2D eigenvalue weighted by molar-refractivity contribution is -0.143. The van der Waals surface area contributed by atoms with Crippen molar-refractivity contribution in [2.75, 3.05) is 54.2 Å². The zero-order chi connectivity index (χ0) is 61.7. The van der Waals surface area contributed by atoms with Crippen molar-refractivity contribution in [3.63, 3.8) is 0 Å². The zero-order valence-corrected chi connectivity index (χ0v) is 49.8. The molecule has 1 rings (SSSR count). The number of likely N-dealkylation sites (tertiary alicyclic amines) is 1. The minimum atomic E-state index is -1.70. The van der Waals surface area contributed by atoms with Gasteiger partial charge in [0.25, 0.3) is 0 Å². The number of carbonyl (C=O) groups excluding carboxylic acids is 13. The van der Waals surface area contributed by atoms with Crippen molar-refractivity contribution in [1.82, 2.24) is 63.4 Å². The molecule has 1 fully saturated rings. The highest BCUT2D eigenvalue weighted by molar-refractivity contribution is 7.81. The van der Waals surface area contributed by atoms with Crippen LogP contribution in [0.3, 0.4) is 0 Å². The number of nitrogens with zero attached hydrogens (tertiary/aromatic N) is 1. The van der Waals surface area contributed by atoms with Crippen LogP contribution in [0.15, 0.2) is 0 Å². The van der Waals surface area contributed by atoms with Crippen LogP contribution < -0.4 is 64.2 Å². The Labute approximate surface area is 499 Å². The molecule has 1 saturated heterocycles. The fraction of sp³-hybridized carbons (Fsp3) is 0.667. The summed E-state index contributed by atoms with van der Waals surface area (Å²) in [6.45, 7) is 3.29. The Balaban J connectivity index is 3.07. The maximum atomic E-state index is 14.0. The Bertz CT molecular complexity index is 2290. The van der Waals surface area contributed by atoms with E-state index in [0.717, 1.165) is 4.90 Å². The van der Waals surface area contributed by atoms with Crippen LogP contribution in [0.2, 0.25) is 0 Å². The minimum Gasteiger partial charge on any atom is -0.481 e. The maximum absolute atomic E-state index is 14.0. The molecule has 456 valence electrons. The van der Waals surface area contributed by atoms with Gasteiger partial charge in [0, 0.05) is 48.2 Å². The Morgan fingerprint density at radius 1 is 0.506 bits per heavy atom. The first-order valence-corrected chi connectivity index (χ1v) is 28.8. The molecule has 0 aromatic rings. The number of carboxylic acid groups (broad SMARTS) is 2. The second kappa shape index (κ2) is 38.0. The van der Waals surface area contributed by atoms with Gasteiger partial charge in [-0.1, -0.05) is 13.8 Å². The van der Waals surface area contributed by atoms with E-state index >= 15 is 0 Å². The highest BCUT2D eigenvalue weighted by atomic mass is 32.1. The van der Waals surface area contributed by atoms with Gasteiger partial charge in [0.1, 0.15) is 60.4 Å². The lowest BCUT2D eigenvalue weighted by Gasteiger charge is -2.29. The van der Waals surface area contributed by atoms with Gasteiger partial charge < -0.3 is 79.3 Å². The van der Waals surface area contributed by atoms with Crippen LogP contribution in [-0.4, -0.2) is 218 Å². The topological polar surface area (TPSA) is 458 Å². The van der Waals surface area contributed by atoms with Gasteiger partial charge in [-0.05, 0) is 44.3 Å². The lowest BCUT2D eigenvalue weighted by atomic mass is 10.0. The number of primary amides is 1. The predicted octanol–water partition coefficient (Wildman–Crippen LogP) is -6.57. The summed E-state index contributed by atoms with van der Waals surface area (Å²) in [6, 6.07) is -14.0. The van der Waals surface area contributed by atoms with Gasteiger partial charge >= 0.3 is 11.9 Å². The molecule has 0 aromatic heterocycles. The highest BCUT2D eigenvalue weighted by Crippen LogP contribution is 2.20. The van der Waals surface area contributed by atoms with Crippen LogP contribution in [0.4, 0.5) is 0 Å². The van der Waals surface area contributed by atoms with E-state index in [-0.39, 0.29) is 66.9 Å². The average molecular weight is 1260 g/mol. The second-order valence-corrected chi connectivity index (χ2v) is 20.8. The molecule has 1 heterocycles. The first-order chi connectivity index (χ1) is 38.1. The van der Waals surface area contributed by atoms with Gasteiger partial charge in [0.15, 0.2) is 0 Å². The van der Waals surface area contributed by atoms with E-state index in [2.05, 4.69) is 134 Å². The van der Waals surface area contributed by atoms with E-state index in [1.54, 1.807) is 13.8 Å². The third kappa shape index (κ3) is 26.7. The molecule has 0 aromatic carbocycles. The monoisotopic (exact) mass is 1260 g/mol. The Morgan fingerprint density at radius 3 is 1.40 bits per heavy atom. The van der Waals surface area contributed by atoms with Crippen molar-refractivity contribution in [2.45, 2.75) is 126 Å². The average Bonchev–Trinajstić information content (AvgIpc) is 3.90. The summed E-state index contributed by atoms with van der Waals surface area (Å²) in [7, 11) is 0. The molecular formula is C45H73N13O17S6. The number of thiol groups is 6.